The van der Waals surface area contributed by atoms with Gasteiger partial charge in [-0.1, -0.05) is 17.7 Å². The Balaban J connectivity index is 0.00000300. The lowest BCUT2D eigenvalue weighted by Gasteiger charge is -2.26. The molecule has 29 heavy (non-hydrogen) atoms. The molecule has 1 fully saturated rings. The highest BCUT2D eigenvalue weighted by Crippen LogP contribution is 2.19. The monoisotopic (exact) mass is 513 g/mol. The number of morpholine rings is 1. The highest BCUT2D eigenvalue weighted by molar-refractivity contribution is 14.0. The quantitative estimate of drug-likeness (QED) is 0.245. The van der Waals surface area contributed by atoms with Crippen LogP contribution in [0.4, 0.5) is 0 Å². The topological polar surface area (TPSA) is 74.9 Å². The first-order chi connectivity index (χ1) is 13.7. The van der Waals surface area contributed by atoms with E-state index in [1.807, 2.05) is 12.1 Å². The Labute approximate surface area is 190 Å². The lowest BCUT2D eigenvalue weighted by atomic mass is 10.1. The molecule has 160 valence electrons. The van der Waals surface area contributed by atoms with Gasteiger partial charge in [-0.3, -0.25) is 4.90 Å². The lowest BCUT2D eigenvalue weighted by molar-refractivity contribution is 0.0376. The summed E-state index contributed by atoms with van der Waals surface area (Å²) in [6.45, 7) is 11.2. The van der Waals surface area contributed by atoms with Gasteiger partial charge in [-0.25, -0.2) is 9.98 Å². The maximum Gasteiger partial charge on any atom is 0.226 e. The lowest BCUT2D eigenvalue weighted by Crippen LogP contribution is -2.40. The highest BCUT2D eigenvalue weighted by Gasteiger charge is 2.10. The predicted octanol–water partition coefficient (Wildman–Crippen LogP) is 3.05. The minimum absolute atomic E-state index is 0. The van der Waals surface area contributed by atoms with E-state index in [1.165, 1.54) is 5.56 Å². The number of nitrogens with one attached hydrogen (secondary N) is 2. The van der Waals surface area contributed by atoms with Crippen LogP contribution in [-0.4, -0.2) is 61.8 Å². The van der Waals surface area contributed by atoms with Gasteiger partial charge in [0.05, 0.1) is 19.8 Å². The zero-order valence-corrected chi connectivity index (χ0v) is 19.6. The van der Waals surface area contributed by atoms with Gasteiger partial charge in [0, 0.05) is 31.7 Å². The maximum absolute atomic E-state index is 5.61. The number of oxazole rings is 1. The van der Waals surface area contributed by atoms with Gasteiger partial charge in [0.15, 0.2) is 5.96 Å². The van der Waals surface area contributed by atoms with Crippen molar-refractivity contribution in [2.45, 2.75) is 26.8 Å². The fourth-order valence-corrected chi connectivity index (χ4v) is 3.04. The SMILES string of the molecule is CCNC(=NCc1coc(-c2ccc(C)cc2)n1)NCCCN1CCOCC1.I. The number of aromatic nitrogens is 1. The van der Waals surface area contributed by atoms with Gasteiger partial charge in [-0.05, 0) is 38.9 Å². The molecule has 0 unspecified atom stereocenters. The van der Waals surface area contributed by atoms with Gasteiger partial charge in [0.2, 0.25) is 5.89 Å². The molecule has 1 aliphatic rings. The molecule has 0 amide bonds. The third-order valence-electron chi connectivity index (χ3n) is 4.64. The van der Waals surface area contributed by atoms with E-state index in [9.17, 15) is 0 Å². The van der Waals surface area contributed by atoms with Crippen molar-refractivity contribution < 1.29 is 9.15 Å². The summed E-state index contributed by atoms with van der Waals surface area (Å²) in [6.07, 6.45) is 2.76. The summed E-state index contributed by atoms with van der Waals surface area (Å²) < 4.78 is 11.0. The minimum atomic E-state index is 0. The molecule has 2 aromatic rings. The third-order valence-corrected chi connectivity index (χ3v) is 4.64. The molecule has 1 aromatic carbocycles. The van der Waals surface area contributed by atoms with Crippen LogP contribution in [0, 0.1) is 6.92 Å². The van der Waals surface area contributed by atoms with Crippen molar-refractivity contribution in [3.8, 4) is 11.5 Å². The standard InChI is InChI=1S/C21H31N5O2.HI/c1-3-22-21(23-9-4-10-26-11-13-27-14-12-26)24-15-19-16-28-20(25-19)18-7-5-17(2)6-8-18;/h5-8,16H,3-4,9-15H2,1-2H3,(H2,22,23,24);1H. The van der Waals surface area contributed by atoms with E-state index in [2.05, 4.69) is 51.5 Å². The Morgan fingerprint density at radius 1 is 1.17 bits per heavy atom. The van der Waals surface area contributed by atoms with E-state index in [1.54, 1.807) is 6.26 Å². The smallest absolute Gasteiger partial charge is 0.226 e. The number of hydrogen-bond acceptors (Lipinski definition) is 5. The van der Waals surface area contributed by atoms with Crippen molar-refractivity contribution in [1.82, 2.24) is 20.5 Å². The second-order valence-corrected chi connectivity index (χ2v) is 6.94. The first-order valence-corrected chi connectivity index (χ1v) is 10.1. The van der Waals surface area contributed by atoms with Gasteiger partial charge >= 0.3 is 0 Å². The molecule has 7 nitrogen and oxygen atoms in total. The molecule has 1 aliphatic heterocycles. The third kappa shape index (κ3) is 7.94. The fraction of sp³-hybridized carbons (Fsp3) is 0.524. The molecule has 3 rings (SSSR count). The number of guanidine groups is 1. The highest BCUT2D eigenvalue weighted by atomic mass is 127. The molecular weight excluding hydrogens is 481 g/mol. The van der Waals surface area contributed by atoms with Gasteiger partial charge in [0.25, 0.3) is 0 Å². The number of aryl methyl sites for hydroxylation is 1. The average Bonchev–Trinajstić information content (AvgIpc) is 3.19. The van der Waals surface area contributed by atoms with Crippen molar-refractivity contribution >= 4 is 29.9 Å². The number of benzene rings is 1. The molecule has 0 bridgehead atoms. The molecule has 8 heteroatoms. The van der Waals surface area contributed by atoms with E-state index in [0.717, 1.165) is 69.6 Å². The van der Waals surface area contributed by atoms with Crippen molar-refractivity contribution in [2.24, 2.45) is 4.99 Å². The fourth-order valence-electron chi connectivity index (χ4n) is 3.04. The summed E-state index contributed by atoms with van der Waals surface area (Å²) in [7, 11) is 0. The number of aliphatic imine (C=N–C) groups is 1. The number of ether oxygens (including phenoxy) is 1. The van der Waals surface area contributed by atoms with Crippen LogP contribution in [0.2, 0.25) is 0 Å². The molecule has 0 atom stereocenters. The summed E-state index contributed by atoms with van der Waals surface area (Å²) in [5.41, 5.74) is 3.02. The zero-order chi connectivity index (χ0) is 19.6. The second-order valence-electron chi connectivity index (χ2n) is 6.94. The van der Waals surface area contributed by atoms with Crippen LogP contribution >= 0.6 is 24.0 Å². The predicted molar refractivity (Wildman–Crippen MR) is 127 cm³/mol. The molecule has 2 N–H and O–H groups in total. The summed E-state index contributed by atoms with van der Waals surface area (Å²) in [5.74, 6) is 1.44. The van der Waals surface area contributed by atoms with E-state index in [4.69, 9.17) is 9.15 Å². The number of hydrogen-bond donors (Lipinski definition) is 2. The molecule has 1 saturated heterocycles. The summed E-state index contributed by atoms with van der Waals surface area (Å²) in [5, 5.41) is 6.68. The molecule has 2 heterocycles. The van der Waals surface area contributed by atoms with Crippen LogP contribution in [0.15, 0.2) is 39.9 Å². The molecule has 0 aliphatic carbocycles. The minimum Gasteiger partial charge on any atom is -0.444 e. The normalized spacial score (nSPS) is 15.0. The largest absolute Gasteiger partial charge is 0.444 e. The Kier molecular flexibility index (Phi) is 10.4. The van der Waals surface area contributed by atoms with E-state index in [-0.39, 0.29) is 24.0 Å². The van der Waals surface area contributed by atoms with Gasteiger partial charge < -0.3 is 19.8 Å². The average molecular weight is 513 g/mol. The molecule has 0 spiro atoms. The van der Waals surface area contributed by atoms with Gasteiger partial charge in [-0.15, -0.1) is 24.0 Å². The summed E-state index contributed by atoms with van der Waals surface area (Å²) in [6, 6.07) is 8.16. The number of rotatable bonds is 8. The van der Waals surface area contributed by atoms with Crippen LogP contribution in [0.25, 0.3) is 11.5 Å². The maximum atomic E-state index is 5.61. The summed E-state index contributed by atoms with van der Waals surface area (Å²) in [4.78, 5) is 11.6. The summed E-state index contributed by atoms with van der Waals surface area (Å²) >= 11 is 0. The molecular formula is C21H32IN5O2. The van der Waals surface area contributed by atoms with Crippen molar-refractivity contribution in [3.05, 3.63) is 41.8 Å². The first kappa shape index (κ1) is 23.6. The van der Waals surface area contributed by atoms with Crippen molar-refractivity contribution in [1.29, 1.82) is 0 Å². The molecule has 1 aromatic heterocycles. The van der Waals surface area contributed by atoms with Crippen LogP contribution in [0.1, 0.15) is 24.6 Å². The van der Waals surface area contributed by atoms with Crippen molar-refractivity contribution in [2.75, 3.05) is 45.9 Å². The van der Waals surface area contributed by atoms with Gasteiger partial charge in [-0.2, -0.15) is 0 Å². The Hall–Kier alpha value is -1.65. The van der Waals surface area contributed by atoms with Crippen LogP contribution in [-0.2, 0) is 11.3 Å². The van der Waals surface area contributed by atoms with Crippen LogP contribution < -0.4 is 10.6 Å². The number of halogens is 1. The first-order valence-electron chi connectivity index (χ1n) is 10.1. The Bertz CT molecular complexity index is 742. The van der Waals surface area contributed by atoms with Crippen LogP contribution in [0.3, 0.4) is 0 Å². The van der Waals surface area contributed by atoms with E-state index < -0.39 is 0 Å². The van der Waals surface area contributed by atoms with Gasteiger partial charge in [0.1, 0.15) is 12.0 Å². The van der Waals surface area contributed by atoms with Crippen LogP contribution in [0.5, 0.6) is 0 Å². The molecule has 0 saturated carbocycles. The van der Waals surface area contributed by atoms with Crippen molar-refractivity contribution in [3.63, 3.8) is 0 Å². The van der Waals surface area contributed by atoms with E-state index in [0.29, 0.717) is 12.4 Å². The van der Waals surface area contributed by atoms with E-state index >= 15 is 0 Å². The Morgan fingerprint density at radius 2 is 1.93 bits per heavy atom. The Morgan fingerprint density at radius 3 is 2.66 bits per heavy atom. The molecule has 0 radical (unpaired) electrons. The zero-order valence-electron chi connectivity index (χ0n) is 17.3. The number of nitrogens with zero attached hydrogens (tertiary/aromatic N) is 3. The second kappa shape index (κ2) is 12.8.